The Balaban J connectivity index is 2.04. The molecular weight excluding hydrogens is 365 g/mol. The third kappa shape index (κ3) is 4.10. The standard InChI is InChI=1S/C20H26FN3O4/c1-11-7-8-16(15(21)9-11)22-18-17(19(26)23-28-10-12(2)25)13-5-4-6-14(13)20(27)24(18)3/h7-9,12,19,22-23,25-26H,4-6,10H2,1-3H3/t12-,19?/m0/s1. The van der Waals surface area contributed by atoms with E-state index in [0.29, 0.717) is 29.8 Å². The topological polar surface area (TPSA) is 95.8 Å². The molecule has 2 atom stereocenters. The van der Waals surface area contributed by atoms with E-state index in [1.807, 2.05) is 0 Å². The first-order chi connectivity index (χ1) is 13.3. The fourth-order valence-corrected chi connectivity index (χ4v) is 3.51. The van der Waals surface area contributed by atoms with Gasteiger partial charge in [-0.2, -0.15) is 5.48 Å². The van der Waals surface area contributed by atoms with Crippen molar-refractivity contribution in [2.75, 3.05) is 11.9 Å². The zero-order chi connectivity index (χ0) is 20.4. The number of anilines is 2. The Labute approximate surface area is 162 Å². The Morgan fingerprint density at radius 3 is 2.68 bits per heavy atom. The number of benzene rings is 1. The normalized spacial score (nSPS) is 15.4. The van der Waals surface area contributed by atoms with Crippen LogP contribution in [0.15, 0.2) is 23.0 Å². The van der Waals surface area contributed by atoms with Gasteiger partial charge >= 0.3 is 0 Å². The Kier molecular flexibility index (Phi) is 6.14. The monoisotopic (exact) mass is 391 g/mol. The van der Waals surface area contributed by atoms with Gasteiger partial charge in [0.1, 0.15) is 11.6 Å². The number of aliphatic hydroxyl groups excluding tert-OH is 2. The van der Waals surface area contributed by atoms with Crippen LogP contribution in [0.2, 0.25) is 0 Å². The van der Waals surface area contributed by atoms with Gasteiger partial charge in [0.15, 0.2) is 6.23 Å². The molecule has 152 valence electrons. The number of hydrogen-bond donors (Lipinski definition) is 4. The van der Waals surface area contributed by atoms with Crippen molar-refractivity contribution >= 4 is 11.5 Å². The molecule has 0 saturated heterocycles. The number of fused-ring (bicyclic) bond motifs is 1. The number of hydroxylamine groups is 1. The number of nitrogens with zero attached hydrogens (tertiary/aromatic N) is 1. The number of pyridine rings is 1. The maximum Gasteiger partial charge on any atom is 0.255 e. The molecule has 1 aliphatic rings. The van der Waals surface area contributed by atoms with Crippen LogP contribution >= 0.6 is 0 Å². The van der Waals surface area contributed by atoms with E-state index < -0.39 is 18.1 Å². The molecule has 1 aliphatic carbocycles. The van der Waals surface area contributed by atoms with E-state index in [9.17, 15) is 19.4 Å². The van der Waals surface area contributed by atoms with Gasteiger partial charge in [0.2, 0.25) is 0 Å². The maximum atomic E-state index is 14.4. The lowest BCUT2D eigenvalue weighted by molar-refractivity contribution is -0.0823. The molecule has 1 unspecified atom stereocenters. The molecule has 1 aromatic heterocycles. The minimum absolute atomic E-state index is 0.0135. The summed E-state index contributed by atoms with van der Waals surface area (Å²) in [6.45, 7) is 3.34. The predicted molar refractivity (Wildman–Crippen MR) is 104 cm³/mol. The number of halogens is 1. The first kappa shape index (κ1) is 20.5. The van der Waals surface area contributed by atoms with Crippen molar-refractivity contribution in [3.63, 3.8) is 0 Å². The first-order valence-corrected chi connectivity index (χ1v) is 9.30. The summed E-state index contributed by atoms with van der Waals surface area (Å²) in [5.74, 6) is -0.152. The second-order valence-corrected chi connectivity index (χ2v) is 7.23. The van der Waals surface area contributed by atoms with Gasteiger partial charge in [0, 0.05) is 18.2 Å². The van der Waals surface area contributed by atoms with Gasteiger partial charge in [-0.1, -0.05) is 6.07 Å². The molecule has 0 radical (unpaired) electrons. The van der Waals surface area contributed by atoms with Crippen LogP contribution in [0.1, 0.15) is 41.8 Å². The highest BCUT2D eigenvalue weighted by Gasteiger charge is 2.28. The summed E-state index contributed by atoms with van der Waals surface area (Å²) in [4.78, 5) is 17.9. The van der Waals surface area contributed by atoms with E-state index in [-0.39, 0.29) is 17.9 Å². The molecule has 2 aromatic rings. The van der Waals surface area contributed by atoms with Gasteiger partial charge < -0.3 is 15.5 Å². The van der Waals surface area contributed by atoms with E-state index in [1.54, 1.807) is 33.0 Å². The minimum Gasteiger partial charge on any atom is -0.391 e. The smallest absolute Gasteiger partial charge is 0.255 e. The minimum atomic E-state index is -1.26. The summed E-state index contributed by atoms with van der Waals surface area (Å²) in [6, 6.07) is 4.75. The Morgan fingerprint density at radius 1 is 1.29 bits per heavy atom. The van der Waals surface area contributed by atoms with Crippen molar-refractivity contribution in [1.82, 2.24) is 10.0 Å². The number of rotatable bonds is 7. The molecule has 28 heavy (non-hydrogen) atoms. The number of aliphatic hydroxyl groups is 2. The Hall–Kier alpha value is -2.26. The summed E-state index contributed by atoms with van der Waals surface area (Å²) in [6.07, 6.45) is 0.121. The Bertz CT molecular complexity index is 927. The van der Waals surface area contributed by atoms with Crippen LogP contribution in [-0.4, -0.2) is 27.5 Å². The molecule has 8 heteroatoms. The molecule has 1 aromatic carbocycles. The summed E-state index contributed by atoms with van der Waals surface area (Å²) in [7, 11) is 1.59. The van der Waals surface area contributed by atoms with E-state index in [2.05, 4.69) is 10.8 Å². The average Bonchev–Trinajstić information content (AvgIpc) is 3.10. The summed E-state index contributed by atoms with van der Waals surface area (Å²) in [5, 5.41) is 23.0. The van der Waals surface area contributed by atoms with E-state index in [1.165, 1.54) is 10.6 Å². The number of aryl methyl sites for hydroxylation is 1. The van der Waals surface area contributed by atoms with Crippen molar-refractivity contribution in [1.29, 1.82) is 0 Å². The molecule has 0 spiro atoms. The lowest BCUT2D eigenvalue weighted by Crippen LogP contribution is -2.31. The van der Waals surface area contributed by atoms with Crippen LogP contribution in [-0.2, 0) is 24.7 Å². The molecular formula is C20H26FN3O4. The van der Waals surface area contributed by atoms with Crippen LogP contribution in [0.5, 0.6) is 0 Å². The van der Waals surface area contributed by atoms with Gasteiger partial charge in [0.25, 0.3) is 5.56 Å². The molecule has 0 bridgehead atoms. The van der Waals surface area contributed by atoms with E-state index in [4.69, 9.17) is 4.84 Å². The maximum absolute atomic E-state index is 14.4. The van der Waals surface area contributed by atoms with Gasteiger partial charge in [-0.3, -0.25) is 14.2 Å². The highest BCUT2D eigenvalue weighted by Crippen LogP contribution is 2.33. The second kappa shape index (κ2) is 8.40. The van der Waals surface area contributed by atoms with Crippen molar-refractivity contribution in [2.45, 2.75) is 45.4 Å². The molecule has 3 rings (SSSR count). The summed E-state index contributed by atoms with van der Waals surface area (Å²) >= 11 is 0. The quantitative estimate of drug-likeness (QED) is 0.426. The lowest BCUT2D eigenvalue weighted by atomic mass is 10.0. The van der Waals surface area contributed by atoms with Crippen LogP contribution in [0.3, 0.4) is 0 Å². The highest BCUT2D eigenvalue weighted by molar-refractivity contribution is 5.64. The van der Waals surface area contributed by atoms with Crippen molar-refractivity contribution in [3.8, 4) is 0 Å². The average molecular weight is 391 g/mol. The molecule has 0 fully saturated rings. The van der Waals surface area contributed by atoms with E-state index >= 15 is 0 Å². The number of nitrogens with one attached hydrogen (secondary N) is 2. The number of hydrogen-bond acceptors (Lipinski definition) is 6. The molecule has 7 nitrogen and oxygen atoms in total. The third-order valence-corrected chi connectivity index (χ3v) is 4.87. The summed E-state index contributed by atoms with van der Waals surface area (Å²) in [5.41, 5.74) is 5.17. The molecule has 0 saturated carbocycles. The Morgan fingerprint density at radius 2 is 2.00 bits per heavy atom. The van der Waals surface area contributed by atoms with Crippen LogP contribution in [0.4, 0.5) is 15.9 Å². The van der Waals surface area contributed by atoms with Gasteiger partial charge in [-0.05, 0) is 56.4 Å². The van der Waals surface area contributed by atoms with Crippen molar-refractivity contribution in [2.24, 2.45) is 7.05 Å². The summed E-state index contributed by atoms with van der Waals surface area (Å²) < 4.78 is 15.8. The second-order valence-electron chi connectivity index (χ2n) is 7.23. The zero-order valence-corrected chi connectivity index (χ0v) is 16.3. The third-order valence-electron chi connectivity index (χ3n) is 4.87. The van der Waals surface area contributed by atoms with Crippen molar-refractivity contribution < 1.29 is 19.4 Å². The fraction of sp³-hybridized carbons (Fsp3) is 0.450. The van der Waals surface area contributed by atoms with Gasteiger partial charge in [-0.25, -0.2) is 4.39 Å². The van der Waals surface area contributed by atoms with Crippen molar-refractivity contribution in [3.05, 3.63) is 56.6 Å². The SMILES string of the molecule is Cc1ccc(Nc2c(C(O)NOC[C@H](C)O)c3c(c(=O)n2C)CCC3)c(F)c1. The predicted octanol–water partition coefficient (Wildman–Crippen LogP) is 1.96. The van der Waals surface area contributed by atoms with Crippen LogP contribution < -0.4 is 16.4 Å². The molecule has 0 amide bonds. The first-order valence-electron chi connectivity index (χ1n) is 9.30. The van der Waals surface area contributed by atoms with Gasteiger partial charge in [0.05, 0.1) is 18.4 Å². The molecule has 4 N–H and O–H groups in total. The van der Waals surface area contributed by atoms with Crippen LogP contribution in [0.25, 0.3) is 0 Å². The highest BCUT2D eigenvalue weighted by atomic mass is 19.1. The van der Waals surface area contributed by atoms with E-state index in [0.717, 1.165) is 17.5 Å². The molecule has 0 aliphatic heterocycles. The fourth-order valence-electron chi connectivity index (χ4n) is 3.51. The zero-order valence-electron chi connectivity index (χ0n) is 16.3. The number of aromatic nitrogens is 1. The lowest BCUT2D eigenvalue weighted by Gasteiger charge is -2.24. The van der Waals surface area contributed by atoms with Gasteiger partial charge in [-0.15, -0.1) is 0 Å². The largest absolute Gasteiger partial charge is 0.391 e. The van der Waals surface area contributed by atoms with Crippen LogP contribution in [0, 0.1) is 12.7 Å². The molecule has 1 heterocycles.